The second kappa shape index (κ2) is 8.04. The van der Waals surface area contributed by atoms with Gasteiger partial charge in [0.15, 0.2) is 0 Å². The van der Waals surface area contributed by atoms with Gasteiger partial charge in [0.05, 0.1) is 18.5 Å². The molecule has 1 aromatic carbocycles. The fourth-order valence-corrected chi connectivity index (χ4v) is 5.01. The van der Waals surface area contributed by atoms with Gasteiger partial charge in [-0.05, 0) is 31.9 Å². The second-order valence-electron chi connectivity index (χ2n) is 6.66. The van der Waals surface area contributed by atoms with Crippen LogP contribution in [0.1, 0.15) is 23.4 Å². The Kier molecular flexibility index (Phi) is 5.92. The molecule has 1 saturated heterocycles. The number of piperidine rings is 1. The number of thiazole rings is 1. The fraction of sp³-hybridized carbons (Fsp3) is 0.444. The summed E-state index contributed by atoms with van der Waals surface area (Å²) in [5.41, 5.74) is 1.22. The van der Waals surface area contributed by atoms with Crippen LogP contribution in [0, 0.1) is 18.7 Å². The van der Waals surface area contributed by atoms with Crippen LogP contribution >= 0.6 is 11.3 Å². The average Bonchev–Trinajstić information content (AvgIpc) is 3.00. The summed E-state index contributed by atoms with van der Waals surface area (Å²) < 4.78 is 38.4. The highest BCUT2D eigenvalue weighted by Crippen LogP contribution is 2.29. The van der Waals surface area contributed by atoms with Crippen molar-refractivity contribution in [3.05, 3.63) is 40.7 Å². The number of benzene rings is 1. The predicted molar refractivity (Wildman–Crippen MR) is 103 cm³/mol. The van der Waals surface area contributed by atoms with Gasteiger partial charge in [-0.3, -0.25) is 4.79 Å². The first-order valence-corrected chi connectivity index (χ1v) is 11.4. The highest BCUT2D eigenvalue weighted by atomic mass is 32.2. The smallest absolute Gasteiger partial charge is 0.223 e. The lowest BCUT2D eigenvalue weighted by atomic mass is 9.97. The molecule has 9 heteroatoms. The first-order valence-electron chi connectivity index (χ1n) is 8.69. The third-order valence-corrected chi connectivity index (χ3v) is 7.21. The van der Waals surface area contributed by atoms with Gasteiger partial charge in [-0.2, -0.15) is 0 Å². The van der Waals surface area contributed by atoms with E-state index in [1.165, 1.54) is 28.0 Å². The standard InChI is InChI=1S/C18H22FN3O3S2/c1-12-16(26-18(21-12)14-5-3-4-6-15(14)19)11-20-17(23)13-7-9-22(10-8-13)27(2,24)25/h3-6,13H,7-11H2,1-2H3,(H,20,23). The minimum Gasteiger partial charge on any atom is -0.351 e. The predicted octanol–water partition coefficient (Wildman–Crippen LogP) is 2.55. The number of aromatic nitrogens is 1. The monoisotopic (exact) mass is 411 g/mol. The van der Waals surface area contributed by atoms with Crippen molar-refractivity contribution in [3.63, 3.8) is 0 Å². The van der Waals surface area contributed by atoms with Crippen LogP contribution in [-0.4, -0.2) is 43.0 Å². The maximum absolute atomic E-state index is 13.9. The number of halogens is 1. The lowest BCUT2D eigenvalue weighted by Crippen LogP contribution is -2.42. The lowest BCUT2D eigenvalue weighted by Gasteiger charge is -2.29. The number of nitrogens with one attached hydrogen (secondary N) is 1. The molecule has 1 fully saturated rings. The van der Waals surface area contributed by atoms with Crippen molar-refractivity contribution >= 4 is 27.3 Å². The summed E-state index contributed by atoms with van der Waals surface area (Å²) >= 11 is 1.37. The van der Waals surface area contributed by atoms with Crippen LogP contribution in [0.2, 0.25) is 0 Å². The minimum absolute atomic E-state index is 0.0802. The molecule has 1 aliphatic heterocycles. The van der Waals surface area contributed by atoms with Crippen LogP contribution in [0.25, 0.3) is 10.6 Å². The lowest BCUT2D eigenvalue weighted by molar-refractivity contribution is -0.126. The van der Waals surface area contributed by atoms with Gasteiger partial charge in [0.2, 0.25) is 15.9 Å². The van der Waals surface area contributed by atoms with E-state index in [9.17, 15) is 17.6 Å². The highest BCUT2D eigenvalue weighted by molar-refractivity contribution is 7.88. The van der Waals surface area contributed by atoms with Crippen LogP contribution in [0.5, 0.6) is 0 Å². The van der Waals surface area contributed by atoms with E-state index in [0.29, 0.717) is 43.0 Å². The quantitative estimate of drug-likeness (QED) is 0.820. The molecule has 6 nitrogen and oxygen atoms in total. The second-order valence-corrected chi connectivity index (χ2v) is 9.73. The number of nitrogens with zero attached hydrogens (tertiary/aromatic N) is 2. The van der Waals surface area contributed by atoms with Crippen LogP contribution in [-0.2, 0) is 21.4 Å². The molecule has 146 valence electrons. The summed E-state index contributed by atoms with van der Waals surface area (Å²) in [5, 5.41) is 3.51. The highest BCUT2D eigenvalue weighted by Gasteiger charge is 2.28. The van der Waals surface area contributed by atoms with E-state index < -0.39 is 10.0 Å². The van der Waals surface area contributed by atoms with Gasteiger partial charge in [-0.25, -0.2) is 22.1 Å². The molecular formula is C18H22FN3O3S2. The van der Waals surface area contributed by atoms with Gasteiger partial charge >= 0.3 is 0 Å². The summed E-state index contributed by atoms with van der Waals surface area (Å²) in [6.45, 7) is 2.91. The van der Waals surface area contributed by atoms with Crippen molar-refractivity contribution in [1.29, 1.82) is 0 Å². The Labute approximate surface area is 162 Å². The van der Waals surface area contributed by atoms with Gasteiger partial charge in [-0.15, -0.1) is 11.3 Å². The Morgan fingerprint density at radius 3 is 2.63 bits per heavy atom. The summed E-state index contributed by atoms with van der Waals surface area (Å²) in [4.78, 5) is 17.7. The zero-order chi connectivity index (χ0) is 19.6. The van der Waals surface area contributed by atoms with Gasteiger partial charge in [-0.1, -0.05) is 12.1 Å². The van der Waals surface area contributed by atoms with Crippen molar-refractivity contribution in [2.45, 2.75) is 26.3 Å². The Morgan fingerprint density at radius 2 is 2.00 bits per heavy atom. The number of rotatable bonds is 5. The summed E-state index contributed by atoms with van der Waals surface area (Å²) in [5.74, 6) is -0.592. The molecule has 0 aliphatic carbocycles. The topological polar surface area (TPSA) is 79.4 Å². The number of hydrogen-bond donors (Lipinski definition) is 1. The van der Waals surface area contributed by atoms with E-state index in [4.69, 9.17) is 0 Å². The van der Waals surface area contributed by atoms with E-state index in [1.807, 2.05) is 6.92 Å². The van der Waals surface area contributed by atoms with Gasteiger partial charge in [0.1, 0.15) is 10.8 Å². The van der Waals surface area contributed by atoms with Gasteiger partial charge in [0.25, 0.3) is 0 Å². The number of aryl methyl sites for hydroxylation is 1. The van der Waals surface area contributed by atoms with Crippen LogP contribution in [0.4, 0.5) is 4.39 Å². The number of carbonyl (C=O) groups is 1. The zero-order valence-corrected chi connectivity index (χ0v) is 16.9. The van der Waals surface area contributed by atoms with Crippen LogP contribution < -0.4 is 5.32 Å². The Morgan fingerprint density at radius 1 is 1.33 bits per heavy atom. The maximum atomic E-state index is 13.9. The molecule has 1 aliphatic rings. The molecule has 0 radical (unpaired) electrons. The van der Waals surface area contributed by atoms with E-state index in [0.717, 1.165) is 10.6 Å². The molecule has 0 bridgehead atoms. The van der Waals surface area contributed by atoms with Crippen LogP contribution in [0.15, 0.2) is 24.3 Å². The molecule has 1 amide bonds. The molecule has 27 heavy (non-hydrogen) atoms. The Hall–Kier alpha value is -1.84. The number of carbonyl (C=O) groups excluding carboxylic acids is 1. The summed E-state index contributed by atoms with van der Waals surface area (Å²) in [6, 6.07) is 6.48. The fourth-order valence-electron chi connectivity index (χ4n) is 3.10. The van der Waals surface area contributed by atoms with Gasteiger partial charge in [0, 0.05) is 29.4 Å². The molecule has 2 aromatic rings. The SMILES string of the molecule is Cc1nc(-c2ccccc2F)sc1CNC(=O)C1CCN(S(C)(=O)=O)CC1. The third-order valence-electron chi connectivity index (χ3n) is 4.71. The summed E-state index contributed by atoms with van der Waals surface area (Å²) in [7, 11) is -3.20. The van der Waals surface area contributed by atoms with E-state index in [-0.39, 0.29) is 17.6 Å². The van der Waals surface area contributed by atoms with E-state index >= 15 is 0 Å². The first-order chi connectivity index (χ1) is 12.8. The number of amides is 1. The van der Waals surface area contributed by atoms with Crippen molar-refractivity contribution in [2.75, 3.05) is 19.3 Å². The molecular weight excluding hydrogens is 389 g/mol. The van der Waals surface area contributed by atoms with E-state index in [2.05, 4.69) is 10.3 Å². The molecule has 0 unspecified atom stereocenters. The van der Waals surface area contributed by atoms with Crippen molar-refractivity contribution in [2.24, 2.45) is 5.92 Å². The summed E-state index contributed by atoms with van der Waals surface area (Å²) in [6.07, 6.45) is 2.22. The zero-order valence-electron chi connectivity index (χ0n) is 15.2. The molecule has 1 aromatic heterocycles. The number of hydrogen-bond acceptors (Lipinski definition) is 5. The molecule has 0 saturated carbocycles. The first kappa shape index (κ1) is 19.9. The van der Waals surface area contributed by atoms with Crippen molar-refractivity contribution in [1.82, 2.24) is 14.6 Å². The molecule has 0 atom stereocenters. The van der Waals surface area contributed by atoms with Gasteiger partial charge < -0.3 is 5.32 Å². The normalized spacial score (nSPS) is 16.4. The molecule has 3 rings (SSSR count). The average molecular weight is 412 g/mol. The minimum atomic E-state index is -3.20. The largest absolute Gasteiger partial charge is 0.351 e. The van der Waals surface area contributed by atoms with Crippen molar-refractivity contribution < 1.29 is 17.6 Å². The van der Waals surface area contributed by atoms with Crippen molar-refractivity contribution in [3.8, 4) is 10.6 Å². The number of sulfonamides is 1. The third kappa shape index (κ3) is 4.72. The molecule has 1 N–H and O–H groups in total. The Balaban J connectivity index is 1.59. The Bertz CT molecular complexity index is 935. The van der Waals surface area contributed by atoms with E-state index in [1.54, 1.807) is 18.2 Å². The molecule has 0 spiro atoms. The van der Waals surface area contributed by atoms with Crippen LogP contribution in [0.3, 0.4) is 0 Å². The molecule has 2 heterocycles. The maximum Gasteiger partial charge on any atom is 0.223 e.